The number of rotatable bonds is 4. The second-order valence-electron chi connectivity index (χ2n) is 7.07. The molecule has 1 N–H and O–H groups in total. The van der Waals surface area contributed by atoms with Crippen molar-refractivity contribution in [1.29, 1.82) is 0 Å². The molecule has 1 atom stereocenters. The molecule has 0 aliphatic carbocycles. The van der Waals surface area contributed by atoms with Gasteiger partial charge in [0.15, 0.2) is 11.5 Å². The lowest BCUT2D eigenvalue weighted by Crippen LogP contribution is -2.48. The van der Waals surface area contributed by atoms with Gasteiger partial charge in [-0.15, -0.1) is 0 Å². The fourth-order valence-electron chi connectivity index (χ4n) is 3.47. The van der Waals surface area contributed by atoms with E-state index in [-0.39, 0.29) is 18.9 Å². The molecule has 28 heavy (non-hydrogen) atoms. The van der Waals surface area contributed by atoms with Crippen LogP contribution in [0.15, 0.2) is 24.3 Å². The average Bonchev–Trinajstić information content (AvgIpc) is 3.13. The molecule has 2 aromatic rings. The summed E-state index contributed by atoms with van der Waals surface area (Å²) in [7, 11) is 0. The summed E-state index contributed by atoms with van der Waals surface area (Å²) in [6.07, 6.45) is 1.72. The first-order valence-corrected chi connectivity index (χ1v) is 9.47. The molecule has 3 heterocycles. The molecule has 1 fully saturated rings. The third-order valence-corrected chi connectivity index (χ3v) is 4.78. The zero-order valence-electron chi connectivity index (χ0n) is 16.1. The minimum atomic E-state index is -0.0963. The van der Waals surface area contributed by atoms with Crippen molar-refractivity contribution in [2.45, 2.75) is 39.3 Å². The predicted octanol–water partition coefficient (Wildman–Crippen LogP) is 2.58. The van der Waals surface area contributed by atoms with Crippen molar-refractivity contribution in [3.05, 3.63) is 41.3 Å². The Hall–Kier alpha value is -3.03. The van der Waals surface area contributed by atoms with Gasteiger partial charge in [0, 0.05) is 24.8 Å². The van der Waals surface area contributed by atoms with Gasteiger partial charge in [-0.3, -0.25) is 0 Å². The van der Waals surface area contributed by atoms with Crippen LogP contribution >= 0.6 is 0 Å². The maximum Gasteiger partial charge on any atom is 0.317 e. The predicted molar refractivity (Wildman–Crippen MR) is 102 cm³/mol. The lowest BCUT2D eigenvalue weighted by atomic mass is 10.1. The van der Waals surface area contributed by atoms with Gasteiger partial charge in [-0.1, -0.05) is 6.07 Å². The van der Waals surface area contributed by atoms with Gasteiger partial charge in [-0.2, -0.15) is 4.98 Å². The molecule has 1 unspecified atom stereocenters. The number of hydrogen-bond donors (Lipinski definition) is 1. The van der Waals surface area contributed by atoms with Crippen LogP contribution in [0.5, 0.6) is 17.4 Å². The maximum atomic E-state index is 12.6. The van der Waals surface area contributed by atoms with Crippen LogP contribution in [0.1, 0.15) is 29.9 Å². The van der Waals surface area contributed by atoms with E-state index in [0.717, 1.165) is 29.8 Å². The minimum Gasteiger partial charge on any atom is -0.472 e. The number of aryl methyl sites for hydroxylation is 2. The van der Waals surface area contributed by atoms with Crippen LogP contribution < -0.4 is 19.5 Å². The van der Waals surface area contributed by atoms with E-state index in [1.54, 1.807) is 4.90 Å². The van der Waals surface area contributed by atoms with Crippen LogP contribution in [0.4, 0.5) is 4.79 Å². The number of carbonyl (C=O) groups excluding carboxylic acids is 1. The van der Waals surface area contributed by atoms with Crippen LogP contribution in [0, 0.1) is 13.8 Å². The van der Waals surface area contributed by atoms with E-state index in [2.05, 4.69) is 15.3 Å². The maximum absolute atomic E-state index is 12.6. The fraction of sp³-hybridized carbons (Fsp3) is 0.450. The number of hydrogen-bond acceptors (Lipinski definition) is 6. The lowest BCUT2D eigenvalue weighted by Gasteiger charge is -2.32. The van der Waals surface area contributed by atoms with Crippen molar-refractivity contribution in [1.82, 2.24) is 20.2 Å². The Morgan fingerprint density at radius 3 is 2.96 bits per heavy atom. The van der Waals surface area contributed by atoms with E-state index in [1.165, 1.54) is 0 Å². The van der Waals surface area contributed by atoms with Gasteiger partial charge in [-0.25, -0.2) is 9.78 Å². The quantitative estimate of drug-likeness (QED) is 0.872. The van der Waals surface area contributed by atoms with Gasteiger partial charge < -0.3 is 24.4 Å². The topological polar surface area (TPSA) is 85.8 Å². The zero-order valence-corrected chi connectivity index (χ0v) is 16.1. The highest BCUT2D eigenvalue weighted by atomic mass is 16.7. The number of nitrogens with one attached hydrogen (secondary N) is 1. The Kier molecular flexibility index (Phi) is 5.18. The molecule has 2 aliphatic rings. The molecule has 2 aliphatic heterocycles. The summed E-state index contributed by atoms with van der Waals surface area (Å²) in [5, 5.41) is 2.97. The molecule has 0 saturated carbocycles. The second kappa shape index (κ2) is 7.92. The van der Waals surface area contributed by atoms with Gasteiger partial charge in [0.05, 0.1) is 6.54 Å². The lowest BCUT2D eigenvalue weighted by molar-refractivity contribution is 0.0974. The van der Waals surface area contributed by atoms with E-state index in [9.17, 15) is 4.79 Å². The number of aromatic nitrogens is 2. The number of ether oxygens (including phenoxy) is 3. The molecular formula is C20H24N4O4. The summed E-state index contributed by atoms with van der Waals surface area (Å²) >= 11 is 0. The van der Waals surface area contributed by atoms with Crippen molar-refractivity contribution < 1.29 is 19.0 Å². The first-order chi connectivity index (χ1) is 13.6. The van der Waals surface area contributed by atoms with Crippen molar-refractivity contribution in [2.24, 2.45) is 0 Å². The highest BCUT2D eigenvalue weighted by Gasteiger charge is 2.25. The van der Waals surface area contributed by atoms with E-state index in [4.69, 9.17) is 14.2 Å². The molecular weight excluding hydrogens is 360 g/mol. The second-order valence-corrected chi connectivity index (χ2v) is 7.07. The molecule has 0 bridgehead atoms. The molecule has 8 heteroatoms. The standard InChI is InChI=1S/C20H24N4O4/c1-13-8-19(23-14(2)22-13)28-16-4-3-7-24(11-16)20(25)21-10-15-5-6-17-18(9-15)27-12-26-17/h5-6,8-9,16H,3-4,7,10-12H2,1-2H3,(H,21,25). The highest BCUT2D eigenvalue weighted by Crippen LogP contribution is 2.32. The normalized spacial score (nSPS) is 18.1. The van der Waals surface area contributed by atoms with Gasteiger partial charge in [0.2, 0.25) is 12.7 Å². The van der Waals surface area contributed by atoms with Gasteiger partial charge >= 0.3 is 6.03 Å². The third kappa shape index (κ3) is 4.27. The largest absolute Gasteiger partial charge is 0.472 e. The number of nitrogens with zero attached hydrogens (tertiary/aromatic N) is 3. The Morgan fingerprint density at radius 1 is 1.25 bits per heavy atom. The number of urea groups is 1. The van der Waals surface area contributed by atoms with Crippen molar-refractivity contribution in [3.8, 4) is 17.4 Å². The van der Waals surface area contributed by atoms with E-state index < -0.39 is 0 Å². The molecule has 1 aromatic carbocycles. The van der Waals surface area contributed by atoms with E-state index in [0.29, 0.717) is 37.1 Å². The zero-order chi connectivity index (χ0) is 19.5. The smallest absolute Gasteiger partial charge is 0.317 e. The van der Waals surface area contributed by atoms with Gasteiger partial charge in [0.25, 0.3) is 0 Å². The van der Waals surface area contributed by atoms with Crippen LogP contribution in [-0.2, 0) is 6.54 Å². The summed E-state index contributed by atoms with van der Waals surface area (Å²) in [6, 6.07) is 7.41. The number of fused-ring (bicyclic) bond motifs is 1. The Labute approximate surface area is 163 Å². The van der Waals surface area contributed by atoms with E-state index >= 15 is 0 Å². The van der Waals surface area contributed by atoms with Crippen LogP contribution in [0.2, 0.25) is 0 Å². The van der Waals surface area contributed by atoms with Crippen molar-refractivity contribution in [2.75, 3.05) is 19.9 Å². The fourth-order valence-corrected chi connectivity index (χ4v) is 3.47. The summed E-state index contributed by atoms with van der Waals surface area (Å²) in [5.41, 5.74) is 1.84. The highest BCUT2D eigenvalue weighted by molar-refractivity contribution is 5.74. The molecule has 2 amide bonds. The molecule has 1 saturated heterocycles. The molecule has 0 radical (unpaired) electrons. The van der Waals surface area contributed by atoms with Crippen molar-refractivity contribution in [3.63, 3.8) is 0 Å². The number of carbonyl (C=O) groups is 1. The molecule has 8 nitrogen and oxygen atoms in total. The Balaban J connectivity index is 1.31. The third-order valence-electron chi connectivity index (χ3n) is 4.78. The summed E-state index contributed by atoms with van der Waals surface area (Å²) in [4.78, 5) is 23.0. The summed E-state index contributed by atoms with van der Waals surface area (Å²) in [6.45, 7) is 5.69. The van der Waals surface area contributed by atoms with Crippen LogP contribution in [0.3, 0.4) is 0 Å². The Bertz CT molecular complexity index is 853. The van der Waals surface area contributed by atoms with Crippen molar-refractivity contribution >= 4 is 6.03 Å². The van der Waals surface area contributed by atoms with Crippen LogP contribution in [0.25, 0.3) is 0 Å². The monoisotopic (exact) mass is 384 g/mol. The van der Waals surface area contributed by atoms with Gasteiger partial charge in [0.1, 0.15) is 11.9 Å². The number of piperidine rings is 1. The molecule has 4 rings (SSSR count). The number of amides is 2. The number of benzene rings is 1. The van der Waals surface area contributed by atoms with E-state index in [1.807, 2.05) is 38.1 Å². The molecule has 148 valence electrons. The summed E-state index contributed by atoms with van der Waals surface area (Å²) < 4.78 is 16.7. The minimum absolute atomic E-state index is 0.0706. The molecule has 0 spiro atoms. The number of likely N-dealkylation sites (tertiary alicyclic amines) is 1. The average molecular weight is 384 g/mol. The Morgan fingerprint density at radius 2 is 2.11 bits per heavy atom. The van der Waals surface area contributed by atoms with Gasteiger partial charge in [-0.05, 0) is 44.4 Å². The first kappa shape index (κ1) is 18.3. The molecule has 1 aromatic heterocycles. The van der Waals surface area contributed by atoms with Crippen LogP contribution in [-0.4, -0.2) is 46.9 Å². The SMILES string of the molecule is Cc1cc(OC2CCCN(C(=O)NCc3ccc4c(c3)OCO4)C2)nc(C)n1. The summed E-state index contributed by atoms with van der Waals surface area (Å²) in [5.74, 6) is 2.71. The first-order valence-electron chi connectivity index (χ1n) is 9.47.